The van der Waals surface area contributed by atoms with Crippen LogP contribution in [0.15, 0.2) is 12.7 Å². The van der Waals surface area contributed by atoms with E-state index in [1.54, 1.807) is 0 Å². The fourth-order valence-corrected chi connectivity index (χ4v) is 0.495. The van der Waals surface area contributed by atoms with E-state index in [0.29, 0.717) is 6.54 Å². The lowest BCUT2D eigenvalue weighted by Gasteiger charge is -2.03. The summed E-state index contributed by atoms with van der Waals surface area (Å²) in [6, 6.07) is 0.144. The van der Waals surface area contributed by atoms with Gasteiger partial charge in [-0.15, -0.1) is 0 Å². The SMILES string of the molecule is C=CC(=O)NCCC(C)N. The Balaban J connectivity index is 3.19. The van der Waals surface area contributed by atoms with Gasteiger partial charge in [0.25, 0.3) is 0 Å². The molecule has 3 nitrogen and oxygen atoms in total. The number of hydrogen-bond acceptors (Lipinski definition) is 2. The zero-order chi connectivity index (χ0) is 7.98. The molecule has 10 heavy (non-hydrogen) atoms. The average molecular weight is 142 g/mol. The molecule has 1 amide bonds. The summed E-state index contributed by atoms with van der Waals surface area (Å²) in [5.41, 5.74) is 5.44. The fourth-order valence-electron chi connectivity index (χ4n) is 0.495. The van der Waals surface area contributed by atoms with Crippen molar-refractivity contribution < 1.29 is 4.79 Å². The Morgan fingerprint density at radius 1 is 1.90 bits per heavy atom. The van der Waals surface area contributed by atoms with Crippen molar-refractivity contribution in [3.05, 3.63) is 12.7 Å². The van der Waals surface area contributed by atoms with Crippen LogP contribution in [0.2, 0.25) is 0 Å². The molecule has 0 aliphatic heterocycles. The molecule has 0 aromatic rings. The first-order valence-corrected chi connectivity index (χ1v) is 3.32. The van der Waals surface area contributed by atoms with E-state index in [0.717, 1.165) is 6.42 Å². The lowest BCUT2D eigenvalue weighted by atomic mass is 10.2. The monoisotopic (exact) mass is 142 g/mol. The van der Waals surface area contributed by atoms with Gasteiger partial charge in [0.2, 0.25) is 5.91 Å². The number of hydrogen-bond donors (Lipinski definition) is 2. The van der Waals surface area contributed by atoms with Crippen molar-refractivity contribution in [3.8, 4) is 0 Å². The third kappa shape index (κ3) is 5.31. The summed E-state index contributed by atoms with van der Waals surface area (Å²) in [4.78, 5) is 10.5. The maximum absolute atomic E-state index is 10.5. The fraction of sp³-hybridized carbons (Fsp3) is 0.571. The van der Waals surface area contributed by atoms with E-state index in [-0.39, 0.29) is 11.9 Å². The van der Waals surface area contributed by atoms with Gasteiger partial charge in [0.05, 0.1) is 0 Å². The van der Waals surface area contributed by atoms with Gasteiger partial charge >= 0.3 is 0 Å². The van der Waals surface area contributed by atoms with Crippen LogP contribution in [0.5, 0.6) is 0 Å². The maximum atomic E-state index is 10.5. The first kappa shape index (κ1) is 9.17. The Morgan fingerprint density at radius 3 is 2.90 bits per heavy atom. The molecule has 3 heteroatoms. The van der Waals surface area contributed by atoms with Crippen molar-refractivity contribution in [2.45, 2.75) is 19.4 Å². The van der Waals surface area contributed by atoms with E-state index in [1.165, 1.54) is 6.08 Å². The Hall–Kier alpha value is -0.830. The molecule has 0 aliphatic rings. The minimum atomic E-state index is -0.138. The van der Waals surface area contributed by atoms with Crippen LogP contribution in [0.4, 0.5) is 0 Å². The van der Waals surface area contributed by atoms with Crippen LogP contribution in [0.3, 0.4) is 0 Å². The van der Waals surface area contributed by atoms with E-state index in [4.69, 9.17) is 5.73 Å². The molecule has 0 spiro atoms. The molecular formula is C7H14N2O. The topological polar surface area (TPSA) is 55.1 Å². The van der Waals surface area contributed by atoms with Crippen LogP contribution in [0, 0.1) is 0 Å². The predicted molar refractivity (Wildman–Crippen MR) is 41.5 cm³/mol. The Kier molecular flexibility index (Phi) is 4.58. The first-order valence-electron chi connectivity index (χ1n) is 3.32. The largest absolute Gasteiger partial charge is 0.353 e. The van der Waals surface area contributed by atoms with Gasteiger partial charge in [-0.1, -0.05) is 6.58 Å². The summed E-state index contributed by atoms with van der Waals surface area (Å²) in [6.45, 7) is 5.85. The lowest BCUT2D eigenvalue weighted by molar-refractivity contribution is -0.116. The van der Waals surface area contributed by atoms with Gasteiger partial charge in [0.1, 0.15) is 0 Å². The number of carbonyl (C=O) groups excluding carboxylic acids is 1. The Labute approximate surface area is 61.3 Å². The molecule has 0 aliphatic carbocycles. The second-order valence-corrected chi connectivity index (χ2v) is 2.26. The van der Waals surface area contributed by atoms with Gasteiger partial charge in [0, 0.05) is 12.6 Å². The summed E-state index contributed by atoms with van der Waals surface area (Å²) in [7, 11) is 0. The molecule has 58 valence electrons. The lowest BCUT2D eigenvalue weighted by Crippen LogP contribution is -2.27. The van der Waals surface area contributed by atoms with E-state index >= 15 is 0 Å². The van der Waals surface area contributed by atoms with Crippen LogP contribution >= 0.6 is 0 Å². The van der Waals surface area contributed by atoms with Gasteiger partial charge in [-0.3, -0.25) is 4.79 Å². The third-order valence-electron chi connectivity index (χ3n) is 1.08. The number of nitrogens with one attached hydrogen (secondary N) is 1. The Morgan fingerprint density at radius 2 is 2.50 bits per heavy atom. The number of nitrogens with two attached hydrogens (primary N) is 1. The summed E-state index contributed by atoms with van der Waals surface area (Å²) >= 11 is 0. The quantitative estimate of drug-likeness (QED) is 0.544. The standard InChI is InChI=1S/C7H14N2O/c1-3-7(10)9-5-4-6(2)8/h3,6H,1,4-5,8H2,2H3,(H,9,10). The van der Waals surface area contributed by atoms with Crippen LogP contribution < -0.4 is 11.1 Å². The van der Waals surface area contributed by atoms with Crippen molar-refractivity contribution in [1.29, 1.82) is 0 Å². The molecule has 0 fully saturated rings. The van der Waals surface area contributed by atoms with E-state index in [1.807, 2.05) is 6.92 Å². The van der Waals surface area contributed by atoms with E-state index < -0.39 is 0 Å². The second kappa shape index (κ2) is 4.99. The average Bonchev–Trinajstić information content (AvgIpc) is 1.87. The third-order valence-corrected chi connectivity index (χ3v) is 1.08. The number of rotatable bonds is 4. The molecule has 0 saturated carbocycles. The highest BCUT2D eigenvalue weighted by Gasteiger charge is 1.94. The number of amides is 1. The summed E-state index contributed by atoms with van der Waals surface area (Å²) in [5.74, 6) is -0.138. The molecule has 1 atom stereocenters. The van der Waals surface area contributed by atoms with E-state index in [9.17, 15) is 4.79 Å². The van der Waals surface area contributed by atoms with Crippen molar-refractivity contribution in [2.75, 3.05) is 6.54 Å². The van der Waals surface area contributed by atoms with Gasteiger partial charge < -0.3 is 11.1 Å². The maximum Gasteiger partial charge on any atom is 0.243 e. The smallest absolute Gasteiger partial charge is 0.243 e. The first-order chi connectivity index (χ1) is 4.66. The van der Waals surface area contributed by atoms with E-state index in [2.05, 4.69) is 11.9 Å². The molecule has 0 aromatic heterocycles. The number of carbonyl (C=O) groups is 1. The van der Waals surface area contributed by atoms with Crippen LogP contribution in [-0.4, -0.2) is 18.5 Å². The highest BCUT2D eigenvalue weighted by atomic mass is 16.1. The molecule has 1 unspecified atom stereocenters. The van der Waals surface area contributed by atoms with Crippen LogP contribution in [0.25, 0.3) is 0 Å². The molecular weight excluding hydrogens is 128 g/mol. The molecule has 0 rings (SSSR count). The van der Waals surface area contributed by atoms with Crippen molar-refractivity contribution >= 4 is 5.91 Å². The van der Waals surface area contributed by atoms with Gasteiger partial charge in [-0.25, -0.2) is 0 Å². The molecule has 0 aromatic carbocycles. The molecule has 0 radical (unpaired) electrons. The van der Waals surface area contributed by atoms with Gasteiger partial charge in [0.15, 0.2) is 0 Å². The van der Waals surface area contributed by atoms with Crippen LogP contribution in [-0.2, 0) is 4.79 Å². The Bertz CT molecular complexity index is 121. The second-order valence-electron chi connectivity index (χ2n) is 2.26. The summed E-state index contributed by atoms with van der Waals surface area (Å²) in [5, 5.41) is 2.63. The summed E-state index contributed by atoms with van der Waals surface area (Å²) in [6.07, 6.45) is 2.06. The molecule has 0 heterocycles. The zero-order valence-electron chi connectivity index (χ0n) is 6.26. The van der Waals surface area contributed by atoms with Gasteiger partial charge in [-0.05, 0) is 19.4 Å². The van der Waals surface area contributed by atoms with Gasteiger partial charge in [-0.2, -0.15) is 0 Å². The normalized spacial score (nSPS) is 12.2. The van der Waals surface area contributed by atoms with Crippen molar-refractivity contribution in [1.82, 2.24) is 5.32 Å². The molecule has 0 saturated heterocycles. The zero-order valence-corrected chi connectivity index (χ0v) is 6.26. The van der Waals surface area contributed by atoms with Crippen molar-refractivity contribution in [3.63, 3.8) is 0 Å². The summed E-state index contributed by atoms with van der Waals surface area (Å²) < 4.78 is 0. The highest BCUT2D eigenvalue weighted by Crippen LogP contribution is 1.81. The predicted octanol–water partition coefficient (Wildman–Crippen LogP) is 0.0259. The highest BCUT2D eigenvalue weighted by molar-refractivity contribution is 5.86. The molecule has 0 bridgehead atoms. The molecule has 3 N–H and O–H groups in total. The van der Waals surface area contributed by atoms with Crippen LogP contribution in [0.1, 0.15) is 13.3 Å². The minimum absolute atomic E-state index is 0.138. The minimum Gasteiger partial charge on any atom is -0.353 e. The van der Waals surface area contributed by atoms with Crippen molar-refractivity contribution in [2.24, 2.45) is 5.73 Å².